The maximum Gasteiger partial charge on any atom is 0.245 e. The first-order valence-corrected chi connectivity index (χ1v) is 7.66. The van der Waals surface area contributed by atoms with Crippen LogP contribution in [0.15, 0.2) is 29.4 Å². The van der Waals surface area contributed by atoms with Crippen LogP contribution in [0, 0.1) is 0 Å². The van der Waals surface area contributed by atoms with E-state index in [4.69, 9.17) is 0 Å². The number of sulfonamides is 1. The van der Waals surface area contributed by atoms with Crippen molar-refractivity contribution in [3.8, 4) is 0 Å². The van der Waals surface area contributed by atoms with E-state index in [1.807, 2.05) is 7.05 Å². The number of nitrogens with zero attached hydrogens (tertiary/aromatic N) is 2. The van der Waals surface area contributed by atoms with Crippen LogP contribution in [0.25, 0.3) is 11.0 Å². The molecule has 3 rings (SSSR count). The van der Waals surface area contributed by atoms with Gasteiger partial charge in [0.15, 0.2) is 0 Å². The van der Waals surface area contributed by atoms with Crippen LogP contribution < -0.4 is 5.32 Å². The van der Waals surface area contributed by atoms with Crippen LogP contribution in [-0.2, 0) is 10.0 Å². The molecule has 19 heavy (non-hydrogen) atoms. The summed E-state index contributed by atoms with van der Waals surface area (Å²) in [5, 5.41) is 3.77. The summed E-state index contributed by atoms with van der Waals surface area (Å²) in [6, 6.07) is 3.76. The zero-order chi connectivity index (χ0) is 13.5. The zero-order valence-corrected chi connectivity index (χ0v) is 11.4. The molecule has 1 aliphatic rings. The molecule has 2 aromatic rings. The topological polar surface area (TPSA) is 78.1 Å². The molecule has 0 spiro atoms. The molecule has 0 saturated carbocycles. The highest BCUT2D eigenvalue weighted by Gasteiger charge is 2.33. The number of pyridine rings is 1. The number of fused-ring (bicyclic) bond motifs is 1. The molecule has 2 N–H and O–H groups in total. The van der Waals surface area contributed by atoms with Crippen LogP contribution in [-0.4, -0.2) is 48.9 Å². The minimum atomic E-state index is -3.44. The minimum Gasteiger partial charge on any atom is -0.345 e. The highest BCUT2D eigenvalue weighted by atomic mass is 32.2. The Hall–Kier alpha value is -1.44. The molecule has 0 bridgehead atoms. The Balaban J connectivity index is 2.01. The first kappa shape index (κ1) is 12.6. The second kappa shape index (κ2) is 4.59. The van der Waals surface area contributed by atoms with Gasteiger partial charge >= 0.3 is 0 Å². The van der Waals surface area contributed by atoms with Gasteiger partial charge in [-0.3, -0.25) is 0 Å². The molecule has 0 radical (unpaired) electrons. The minimum absolute atomic E-state index is 0.234. The summed E-state index contributed by atoms with van der Waals surface area (Å²) >= 11 is 0. The second-order valence-corrected chi connectivity index (χ2v) is 6.60. The van der Waals surface area contributed by atoms with Crippen molar-refractivity contribution in [3.05, 3.63) is 24.5 Å². The summed E-state index contributed by atoms with van der Waals surface area (Å²) in [7, 11) is -1.59. The Morgan fingerprint density at radius 1 is 1.53 bits per heavy atom. The van der Waals surface area contributed by atoms with Crippen molar-refractivity contribution in [1.29, 1.82) is 0 Å². The van der Waals surface area contributed by atoms with Crippen LogP contribution in [0.5, 0.6) is 0 Å². The molecule has 2 aromatic heterocycles. The normalized spacial score (nSPS) is 21.2. The highest BCUT2D eigenvalue weighted by Crippen LogP contribution is 2.26. The summed E-state index contributed by atoms with van der Waals surface area (Å²) in [5.41, 5.74) is 0.602. The molecule has 1 aliphatic heterocycles. The fraction of sp³-hybridized carbons (Fsp3) is 0.417. The molecular weight excluding hydrogens is 264 g/mol. The quantitative estimate of drug-likeness (QED) is 0.860. The molecule has 3 heterocycles. The fourth-order valence-corrected chi connectivity index (χ4v) is 4.12. The number of nitrogens with one attached hydrogen (secondary N) is 2. The smallest absolute Gasteiger partial charge is 0.245 e. The number of aromatic amines is 1. The van der Waals surface area contributed by atoms with Gasteiger partial charge in [-0.15, -0.1) is 0 Å². The van der Waals surface area contributed by atoms with Crippen molar-refractivity contribution in [3.63, 3.8) is 0 Å². The maximum atomic E-state index is 12.6. The number of H-pyrrole nitrogens is 1. The Morgan fingerprint density at radius 2 is 2.37 bits per heavy atom. The Labute approximate surface area is 111 Å². The lowest BCUT2D eigenvalue weighted by molar-refractivity contribution is 0.465. The molecule has 1 fully saturated rings. The molecule has 7 heteroatoms. The van der Waals surface area contributed by atoms with Gasteiger partial charge in [0, 0.05) is 36.9 Å². The van der Waals surface area contributed by atoms with Gasteiger partial charge in [0.1, 0.15) is 10.5 Å². The lowest BCUT2D eigenvalue weighted by atomic mass is 10.3. The van der Waals surface area contributed by atoms with Crippen LogP contribution >= 0.6 is 0 Å². The van der Waals surface area contributed by atoms with E-state index in [-0.39, 0.29) is 6.04 Å². The van der Waals surface area contributed by atoms with E-state index >= 15 is 0 Å². The number of rotatable bonds is 3. The molecular formula is C12H16N4O2S. The zero-order valence-electron chi connectivity index (χ0n) is 10.6. The van der Waals surface area contributed by atoms with Crippen molar-refractivity contribution >= 4 is 21.1 Å². The fourth-order valence-electron chi connectivity index (χ4n) is 2.47. The van der Waals surface area contributed by atoms with E-state index in [2.05, 4.69) is 15.3 Å². The van der Waals surface area contributed by atoms with Gasteiger partial charge in [-0.25, -0.2) is 13.4 Å². The maximum absolute atomic E-state index is 12.6. The van der Waals surface area contributed by atoms with Crippen LogP contribution in [0.4, 0.5) is 0 Å². The summed E-state index contributed by atoms with van der Waals surface area (Å²) in [6.07, 6.45) is 4.01. The average Bonchev–Trinajstić information content (AvgIpc) is 3.06. The van der Waals surface area contributed by atoms with Gasteiger partial charge in [0.25, 0.3) is 0 Å². The van der Waals surface area contributed by atoms with E-state index in [1.54, 1.807) is 18.3 Å². The van der Waals surface area contributed by atoms with Crippen LogP contribution in [0.3, 0.4) is 0 Å². The Morgan fingerprint density at radius 3 is 3.11 bits per heavy atom. The third kappa shape index (κ3) is 2.03. The third-order valence-corrected chi connectivity index (χ3v) is 5.50. The Bertz CT molecular complexity index is 695. The lowest BCUT2D eigenvalue weighted by Gasteiger charge is -2.15. The first-order valence-electron chi connectivity index (χ1n) is 6.22. The molecule has 0 aromatic carbocycles. The van der Waals surface area contributed by atoms with E-state index < -0.39 is 10.0 Å². The molecule has 0 aliphatic carbocycles. The van der Waals surface area contributed by atoms with Crippen LogP contribution in [0.1, 0.15) is 6.42 Å². The summed E-state index contributed by atoms with van der Waals surface area (Å²) in [5.74, 6) is 0. The summed E-state index contributed by atoms with van der Waals surface area (Å²) in [6.45, 7) is 1.08. The van der Waals surface area contributed by atoms with Gasteiger partial charge in [0.2, 0.25) is 10.0 Å². The molecule has 1 saturated heterocycles. The summed E-state index contributed by atoms with van der Waals surface area (Å²) in [4.78, 5) is 7.34. The predicted octanol–water partition coefficient (Wildman–Crippen LogP) is 0.545. The molecule has 1 unspecified atom stereocenters. The number of likely N-dealkylation sites (N-methyl/N-ethyl adjacent to an activating group) is 1. The van der Waals surface area contributed by atoms with Gasteiger partial charge < -0.3 is 10.3 Å². The average molecular weight is 280 g/mol. The van der Waals surface area contributed by atoms with Crippen molar-refractivity contribution in [2.45, 2.75) is 17.4 Å². The monoisotopic (exact) mass is 280 g/mol. The number of hydrogen-bond donors (Lipinski definition) is 2. The molecule has 6 nitrogen and oxygen atoms in total. The number of hydrogen-bond acceptors (Lipinski definition) is 4. The van der Waals surface area contributed by atoms with E-state index in [1.165, 1.54) is 10.5 Å². The van der Waals surface area contributed by atoms with Crippen molar-refractivity contribution in [2.24, 2.45) is 0 Å². The Kier molecular flexibility index (Phi) is 3.04. The first-order chi connectivity index (χ1) is 9.13. The highest BCUT2D eigenvalue weighted by molar-refractivity contribution is 7.89. The van der Waals surface area contributed by atoms with Gasteiger partial charge in [-0.05, 0) is 25.6 Å². The predicted molar refractivity (Wildman–Crippen MR) is 72.3 cm³/mol. The van der Waals surface area contributed by atoms with E-state index in [0.717, 1.165) is 6.42 Å². The van der Waals surface area contributed by atoms with Crippen molar-refractivity contribution < 1.29 is 8.42 Å². The molecule has 102 valence electrons. The van der Waals surface area contributed by atoms with Gasteiger partial charge in [-0.1, -0.05) is 0 Å². The molecule has 0 amide bonds. The molecule has 1 atom stereocenters. The van der Waals surface area contributed by atoms with Crippen molar-refractivity contribution in [2.75, 3.05) is 20.1 Å². The van der Waals surface area contributed by atoms with E-state index in [9.17, 15) is 8.42 Å². The van der Waals surface area contributed by atoms with Crippen molar-refractivity contribution in [1.82, 2.24) is 19.6 Å². The second-order valence-electron chi connectivity index (χ2n) is 4.69. The van der Waals surface area contributed by atoms with Gasteiger partial charge in [-0.2, -0.15) is 4.31 Å². The van der Waals surface area contributed by atoms with E-state index in [0.29, 0.717) is 29.0 Å². The standard InChI is InChI=1S/C12H16N4O2S/c1-13-9-4-6-16(8-9)19(17,18)11-7-15-12-10(11)3-2-5-14-12/h2-3,5,7,9,13H,4,6,8H2,1H3,(H,14,15). The van der Waals surface area contributed by atoms with Gasteiger partial charge in [0.05, 0.1) is 0 Å². The summed E-state index contributed by atoms with van der Waals surface area (Å²) < 4.78 is 26.8. The third-order valence-electron chi connectivity index (χ3n) is 3.59. The van der Waals surface area contributed by atoms with Crippen LogP contribution in [0.2, 0.25) is 0 Å². The largest absolute Gasteiger partial charge is 0.345 e. The SMILES string of the molecule is CNC1CCN(S(=O)(=O)c2c[nH]c3ncccc23)C1. The number of aromatic nitrogens is 2. The lowest BCUT2D eigenvalue weighted by Crippen LogP contribution is -2.33.